The number of carbonyl (C=O) groups is 4. The lowest BCUT2D eigenvalue weighted by Gasteiger charge is -2.33. The first-order valence-corrected chi connectivity index (χ1v) is 12.7. The Morgan fingerprint density at radius 3 is 2.00 bits per heavy atom. The van der Waals surface area contributed by atoms with Crippen LogP contribution in [-0.2, 0) is 20.8 Å². The predicted molar refractivity (Wildman–Crippen MR) is 133 cm³/mol. The lowest BCUT2D eigenvalue weighted by atomic mass is 10.1. The monoisotopic (exact) mass is 481 g/mol. The Kier molecular flexibility index (Phi) is 13.1. The molecule has 0 saturated heterocycles. The van der Waals surface area contributed by atoms with Crippen LogP contribution in [0.3, 0.4) is 0 Å². The lowest BCUT2D eigenvalue weighted by Crippen LogP contribution is -2.55. The summed E-state index contributed by atoms with van der Waals surface area (Å²) in [6.07, 6.45) is 1.13. The second-order valence-electron chi connectivity index (χ2n) is 7.94. The van der Waals surface area contributed by atoms with Crippen molar-refractivity contribution in [2.75, 3.05) is 25.1 Å². The minimum Gasteiger partial charge on any atom is -0.357 e. The molecular formula is C23H35N3O4S2. The molecule has 0 aromatic heterocycles. The number of hydrogen-bond donors (Lipinski definition) is 2. The van der Waals surface area contributed by atoms with E-state index in [4.69, 9.17) is 0 Å². The third-order valence-corrected chi connectivity index (χ3v) is 6.67. The van der Waals surface area contributed by atoms with Crippen LogP contribution in [0, 0.1) is 5.92 Å². The van der Waals surface area contributed by atoms with Crippen molar-refractivity contribution in [3.05, 3.63) is 35.9 Å². The van der Waals surface area contributed by atoms with E-state index in [0.717, 1.165) is 35.5 Å². The van der Waals surface area contributed by atoms with Gasteiger partial charge in [-0.1, -0.05) is 67.7 Å². The van der Waals surface area contributed by atoms with Crippen LogP contribution in [0.2, 0.25) is 0 Å². The SMILES string of the molecule is CNC(=O)[C@H](Cc1ccccc1)NC(=O)N(CCC(C)C)C(CSC(C)=O)CSC(C)=O. The Hall–Kier alpha value is -2.00. The molecule has 1 atom stereocenters. The van der Waals surface area contributed by atoms with E-state index in [1.54, 1.807) is 11.9 Å². The maximum absolute atomic E-state index is 13.4. The minimum absolute atomic E-state index is 0.0423. The first-order valence-electron chi connectivity index (χ1n) is 10.7. The number of carbonyl (C=O) groups excluding carboxylic acids is 4. The number of hydrogen-bond acceptors (Lipinski definition) is 6. The van der Waals surface area contributed by atoms with Crippen molar-refractivity contribution in [3.8, 4) is 0 Å². The van der Waals surface area contributed by atoms with Gasteiger partial charge in [0, 0.05) is 45.4 Å². The number of thioether (sulfide) groups is 2. The van der Waals surface area contributed by atoms with Gasteiger partial charge in [0.2, 0.25) is 5.91 Å². The smallest absolute Gasteiger partial charge is 0.318 e. The normalized spacial score (nSPS) is 11.8. The van der Waals surface area contributed by atoms with Crippen LogP contribution in [0.4, 0.5) is 4.79 Å². The second-order valence-corrected chi connectivity index (χ2v) is 10.3. The van der Waals surface area contributed by atoms with Gasteiger partial charge in [0.25, 0.3) is 0 Å². The maximum atomic E-state index is 13.4. The van der Waals surface area contributed by atoms with Gasteiger partial charge in [-0.05, 0) is 17.9 Å². The average molecular weight is 482 g/mol. The predicted octanol–water partition coefficient (Wildman–Crippen LogP) is 3.33. The fourth-order valence-electron chi connectivity index (χ4n) is 2.97. The summed E-state index contributed by atoms with van der Waals surface area (Å²) in [6.45, 7) is 7.58. The Morgan fingerprint density at radius 2 is 1.53 bits per heavy atom. The van der Waals surface area contributed by atoms with Gasteiger partial charge in [0.1, 0.15) is 6.04 Å². The number of nitrogens with zero attached hydrogens (tertiary/aromatic N) is 1. The van der Waals surface area contributed by atoms with Crippen molar-refractivity contribution in [2.24, 2.45) is 5.92 Å². The molecule has 2 N–H and O–H groups in total. The number of urea groups is 1. The third-order valence-electron chi connectivity index (χ3n) is 4.75. The van der Waals surface area contributed by atoms with Gasteiger partial charge in [0.15, 0.2) is 10.2 Å². The second kappa shape index (κ2) is 14.9. The molecule has 0 aliphatic rings. The summed E-state index contributed by atoms with van der Waals surface area (Å²) in [6, 6.07) is 8.07. The zero-order chi connectivity index (χ0) is 24.1. The van der Waals surface area contributed by atoms with Gasteiger partial charge < -0.3 is 15.5 Å². The highest BCUT2D eigenvalue weighted by Gasteiger charge is 2.28. The fraction of sp³-hybridized carbons (Fsp3) is 0.565. The van der Waals surface area contributed by atoms with Crippen molar-refractivity contribution in [3.63, 3.8) is 0 Å². The summed E-state index contributed by atoms with van der Waals surface area (Å²) < 4.78 is 0. The van der Waals surface area contributed by atoms with Gasteiger partial charge in [-0.15, -0.1) is 0 Å². The van der Waals surface area contributed by atoms with E-state index in [9.17, 15) is 19.2 Å². The molecule has 0 heterocycles. The van der Waals surface area contributed by atoms with E-state index < -0.39 is 6.04 Å². The van der Waals surface area contributed by atoms with Gasteiger partial charge >= 0.3 is 6.03 Å². The molecule has 1 aromatic rings. The molecular weight excluding hydrogens is 446 g/mol. The molecule has 3 amide bonds. The molecule has 0 fully saturated rings. The van der Waals surface area contributed by atoms with Gasteiger partial charge in [-0.2, -0.15) is 0 Å². The molecule has 0 aliphatic carbocycles. The first-order chi connectivity index (χ1) is 15.1. The third kappa shape index (κ3) is 11.0. The van der Waals surface area contributed by atoms with Crippen LogP contribution in [0.5, 0.6) is 0 Å². The summed E-state index contributed by atoms with van der Waals surface area (Å²) in [5.41, 5.74) is 0.936. The van der Waals surface area contributed by atoms with Crippen molar-refractivity contribution in [1.82, 2.24) is 15.5 Å². The summed E-state index contributed by atoms with van der Waals surface area (Å²) in [5, 5.41) is 5.42. The van der Waals surface area contributed by atoms with Crippen LogP contribution >= 0.6 is 23.5 Å². The van der Waals surface area contributed by atoms with E-state index >= 15 is 0 Å². The van der Waals surface area contributed by atoms with Crippen molar-refractivity contribution >= 4 is 45.7 Å². The topological polar surface area (TPSA) is 95.6 Å². The molecule has 0 radical (unpaired) electrons. The Morgan fingerprint density at radius 1 is 0.969 bits per heavy atom. The quantitative estimate of drug-likeness (QED) is 0.475. The highest BCUT2D eigenvalue weighted by Crippen LogP contribution is 2.18. The lowest BCUT2D eigenvalue weighted by molar-refractivity contribution is -0.122. The molecule has 0 unspecified atom stereocenters. The van der Waals surface area contributed by atoms with Crippen LogP contribution in [0.25, 0.3) is 0 Å². The summed E-state index contributed by atoms with van der Waals surface area (Å²) in [4.78, 5) is 50.7. The molecule has 0 saturated carbocycles. The van der Waals surface area contributed by atoms with Gasteiger partial charge in [-0.3, -0.25) is 14.4 Å². The Labute approximate surface area is 199 Å². The maximum Gasteiger partial charge on any atom is 0.318 e. The largest absolute Gasteiger partial charge is 0.357 e. The molecule has 178 valence electrons. The summed E-state index contributed by atoms with van der Waals surface area (Å²) in [7, 11) is 1.54. The first kappa shape index (κ1) is 28.0. The molecule has 7 nitrogen and oxygen atoms in total. The van der Waals surface area contributed by atoms with Crippen LogP contribution in [-0.4, -0.2) is 64.3 Å². The number of nitrogens with one attached hydrogen (secondary N) is 2. The average Bonchev–Trinajstić information content (AvgIpc) is 2.74. The zero-order valence-electron chi connectivity index (χ0n) is 19.6. The van der Waals surface area contributed by atoms with Crippen LogP contribution in [0.15, 0.2) is 30.3 Å². The molecule has 0 bridgehead atoms. The number of rotatable bonds is 12. The van der Waals surface area contributed by atoms with E-state index in [-0.39, 0.29) is 28.2 Å². The van der Waals surface area contributed by atoms with E-state index in [0.29, 0.717) is 30.4 Å². The number of amides is 3. The van der Waals surface area contributed by atoms with Gasteiger partial charge in [0.05, 0.1) is 6.04 Å². The van der Waals surface area contributed by atoms with Gasteiger partial charge in [-0.25, -0.2) is 4.79 Å². The Balaban J connectivity index is 3.08. The van der Waals surface area contributed by atoms with Crippen LogP contribution < -0.4 is 10.6 Å². The fourth-order valence-corrected chi connectivity index (χ4v) is 4.57. The molecule has 0 aliphatic heterocycles. The molecule has 1 rings (SSSR count). The Bertz CT molecular complexity index is 741. The summed E-state index contributed by atoms with van der Waals surface area (Å²) >= 11 is 2.28. The summed E-state index contributed by atoms with van der Waals surface area (Å²) in [5.74, 6) is 0.874. The van der Waals surface area contributed by atoms with Crippen LogP contribution in [0.1, 0.15) is 39.7 Å². The van der Waals surface area contributed by atoms with E-state index in [1.165, 1.54) is 13.8 Å². The highest BCUT2D eigenvalue weighted by atomic mass is 32.2. The van der Waals surface area contributed by atoms with E-state index in [1.807, 2.05) is 30.3 Å². The standard InChI is InChI=1S/C23H35N3O4S2/c1-16(2)11-12-26(20(14-31-17(3)27)15-32-18(4)28)23(30)25-21(22(29)24-5)13-19-9-7-6-8-10-19/h6-10,16,20-21H,11-15H2,1-5H3,(H,24,29)(H,25,30)/t21-/m0/s1. The zero-order valence-corrected chi connectivity index (χ0v) is 21.2. The molecule has 32 heavy (non-hydrogen) atoms. The number of likely N-dealkylation sites (N-methyl/N-ethyl adjacent to an activating group) is 1. The number of benzene rings is 1. The highest BCUT2D eigenvalue weighted by molar-refractivity contribution is 8.14. The van der Waals surface area contributed by atoms with E-state index in [2.05, 4.69) is 24.5 Å². The molecule has 0 spiro atoms. The minimum atomic E-state index is -0.738. The molecule has 9 heteroatoms. The van der Waals surface area contributed by atoms with Crippen molar-refractivity contribution < 1.29 is 19.2 Å². The molecule has 1 aromatic carbocycles. The van der Waals surface area contributed by atoms with Crippen molar-refractivity contribution in [1.29, 1.82) is 0 Å². The van der Waals surface area contributed by atoms with Crippen molar-refractivity contribution in [2.45, 2.75) is 52.6 Å².